The number of para-hydroxylation sites is 3. The van der Waals surface area contributed by atoms with E-state index in [4.69, 9.17) is 26.8 Å². The van der Waals surface area contributed by atoms with Gasteiger partial charge in [0.15, 0.2) is 30.1 Å². The predicted molar refractivity (Wildman–Crippen MR) is 141 cm³/mol. The van der Waals surface area contributed by atoms with Gasteiger partial charge in [0.2, 0.25) is 4.77 Å². The van der Waals surface area contributed by atoms with Crippen molar-refractivity contribution in [2.24, 2.45) is 0 Å². The Bertz CT molecular complexity index is 1540. The number of hydrogen-bond acceptors (Lipinski definition) is 7. The van der Waals surface area contributed by atoms with Gasteiger partial charge >= 0.3 is 0 Å². The molecule has 1 atom stereocenters. The van der Waals surface area contributed by atoms with Crippen molar-refractivity contribution in [1.82, 2.24) is 18.7 Å². The number of aromatic nitrogens is 3. The number of nitrogens with zero attached hydrogens (tertiary/aromatic N) is 4. The summed E-state index contributed by atoms with van der Waals surface area (Å²) in [4.78, 5) is 1.21. The number of nitrogens with one attached hydrogen (secondary N) is 1. The van der Waals surface area contributed by atoms with Gasteiger partial charge in [0.25, 0.3) is 10.0 Å². The van der Waals surface area contributed by atoms with E-state index in [9.17, 15) is 8.42 Å². The number of thiophene rings is 1. The van der Waals surface area contributed by atoms with E-state index in [0.717, 1.165) is 5.69 Å². The summed E-state index contributed by atoms with van der Waals surface area (Å²) in [5.41, 5.74) is 0.901. The van der Waals surface area contributed by atoms with Crippen LogP contribution < -0.4 is 14.4 Å². The van der Waals surface area contributed by atoms with Crippen LogP contribution in [0.2, 0.25) is 0 Å². The van der Waals surface area contributed by atoms with Crippen molar-refractivity contribution in [1.29, 1.82) is 0 Å². The van der Waals surface area contributed by atoms with Crippen LogP contribution in [0.15, 0.2) is 76.3 Å². The standard InChI is InChI=1S/C25H25N5O4S3/c31-37(32,23-11-6-16-36-23)28-14-12-27(13-15-28)18-29-25(35)30(19-7-2-1-3-8-19)24(26-29)22-17-33-20-9-4-5-10-21(20)34-22/h1-11,16,22H,12-15,17-18H2/p+1/t22-/m1/s1. The molecule has 4 heterocycles. The zero-order valence-corrected chi connectivity index (χ0v) is 22.3. The van der Waals surface area contributed by atoms with Crippen LogP contribution in [0.5, 0.6) is 11.5 Å². The first-order chi connectivity index (χ1) is 18.0. The Balaban J connectivity index is 1.25. The Morgan fingerprint density at radius 2 is 1.73 bits per heavy atom. The number of fused-ring (bicyclic) bond motifs is 1. The maximum Gasteiger partial charge on any atom is 0.252 e. The van der Waals surface area contributed by atoms with Gasteiger partial charge in [-0.2, -0.15) is 8.99 Å². The molecule has 37 heavy (non-hydrogen) atoms. The Kier molecular flexibility index (Phi) is 6.59. The maximum absolute atomic E-state index is 12.9. The van der Waals surface area contributed by atoms with Crippen molar-refractivity contribution in [2.45, 2.75) is 17.0 Å². The molecule has 0 radical (unpaired) electrons. The van der Waals surface area contributed by atoms with E-state index in [0.29, 0.717) is 65.8 Å². The molecule has 2 aromatic carbocycles. The SMILES string of the molecule is O=S(=O)(c1cccs1)N1CC[NH+](Cn2nc([C@H]3COc4ccccc4O3)n(-c3ccccc3)c2=S)CC1. The normalized spacial score (nSPS) is 18.6. The lowest BCUT2D eigenvalue weighted by molar-refractivity contribution is -0.926. The van der Waals surface area contributed by atoms with Gasteiger partial charge in [-0.05, 0) is 47.9 Å². The molecule has 0 amide bonds. The molecule has 12 heteroatoms. The summed E-state index contributed by atoms with van der Waals surface area (Å²) < 4.78 is 44.3. The van der Waals surface area contributed by atoms with Gasteiger partial charge in [0.1, 0.15) is 10.8 Å². The molecular formula is C25H26N5O4S3+. The van der Waals surface area contributed by atoms with Crippen LogP contribution in [0, 0.1) is 4.77 Å². The van der Waals surface area contributed by atoms with Crippen LogP contribution in [-0.4, -0.2) is 59.9 Å². The Hall–Kier alpha value is -3.03. The molecule has 2 aromatic heterocycles. The largest absolute Gasteiger partial charge is 0.485 e. The van der Waals surface area contributed by atoms with Crippen LogP contribution in [0.4, 0.5) is 0 Å². The number of quaternary nitrogens is 1. The first-order valence-electron chi connectivity index (χ1n) is 12.0. The molecule has 0 spiro atoms. The molecule has 0 saturated carbocycles. The van der Waals surface area contributed by atoms with E-state index in [2.05, 4.69) is 0 Å². The second-order valence-electron chi connectivity index (χ2n) is 8.92. The summed E-state index contributed by atoms with van der Waals surface area (Å²) in [6.45, 7) is 3.08. The first kappa shape index (κ1) is 24.3. The molecule has 1 saturated heterocycles. The molecule has 2 aliphatic rings. The summed E-state index contributed by atoms with van der Waals surface area (Å²) in [7, 11) is -3.44. The van der Waals surface area contributed by atoms with Gasteiger partial charge < -0.3 is 14.4 Å². The molecule has 6 rings (SSSR count). The fourth-order valence-electron chi connectivity index (χ4n) is 4.65. The fraction of sp³-hybridized carbons (Fsp3) is 0.280. The van der Waals surface area contributed by atoms with E-state index in [1.807, 2.05) is 63.8 Å². The molecule has 0 unspecified atom stereocenters. The van der Waals surface area contributed by atoms with Crippen molar-refractivity contribution in [3.63, 3.8) is 0 Å². The molecule has 1 fully saturated rings. The van der Waals surface area contributed by atoms with Gasteiger partial charge in [-0.3, -0.25) is 4.57 Å². The summed E-state index contributed by atoms with van der Waals surface area (Å²) in [5.74, 6) is 2.05. The third kappa shape index (κ3) is 4.71. The quantitative estimate of drug-likeness (QED) is 0.368. The van der Waals surface area contributed by atoms with Crippen molar-refractivity contribution < 1.29 is 22.8 Å². The van der Waals surface area contributed by atoms with Gasteiger partial charge in [0.05, 0.1) is 26.2 Å². The van der Waals surface area contributed by atoms with E-state index >= 15 is 0 Å². The minimum Gasteiger partial charge on any atom is -0.485 e. The fourth-order valence-corrected chi connectivity index (χ4v) is 7.54. The van der Waals surface area contributed by atoms with E-state index in [1.165, 1.54) is 16.2 Å². The summed E-state index contributed by atoms with van der Waals surface area (Å²) in [6.07, 6.45) is -0.430. The zero-order chi connectivity index (χ0) is 25.4. The third-order valence-corrected chi connectivity index (χ3v) is 10.2. The molecule has 1 N–H and O–H groups in total. The average Bonchev–Trinajstić information content (AvgIpc) is 3.59. The molecular weight excluding hydrogens is 531 g/mol. The molecule has 9 nitrogen and oxygen atoms in total. The monoisotopic (exact) mass is 556 g/mol. The lowest BCUT2D eigenvalue weighted by Crippen LogP contribution is -3.14. The number of hydrogen-bond donors (Lipinski definition) is 1. The molecule has 2 aliphatic heterocycles. The Morgan fingerprint density at radius 3 is 2.46 bits per heavy atom. The highest BCUT2D eigenvalue weighted by Gasteiger charge is 2.33. The highest BCUT2D eigenvalue weighted by atomic mass is 32.2. The first-order valence-corrected chi connectivity index (χ1v) is 14.7. The molecule has 4 aromatic rings. The Labute approximate surface area is 224 Å². The van der Waals surface area contributed by atoms with Crippen LogP contribution in [0.1, 0.15) is 11.9 Å². The second-order valence-corrected chi connectivity index (χ2v) is 12.4. The minimum atomic E-state index is -3.44. The number of piperazine rings is 1. The van der Waals surface area contributed by atoms with Crippen LogP contribution in [0.3, 0.4) is 0 Å². The van der Waals surface area contributed by atoms with Gasteiger partial charge in [-0.25, -0.2) is 8.42 Å². The topological polar surface area (TPSA) is 83.0 Å². The minimum absolute atomic E-state index is 0.321. The van der Waals surface area contributed by atoms with Gasteiger partial charge in [0, 0.05) is 5.69 Å². The molecule has 192 valence electrons. The van der Waals surface area contributed by atoms with Gasteiger partial charge in [-0.1, -0.05) is 36.4 Å². The van der Waals surface area contributed by atoms with Crippen molar-refractivity contribution in [3.05, 3.63) is 82.7 Å². The predicted octanol–water partition coefficient (Wildman–Crippen LogP) is 2.52. The van der Waals surface area contributed by atoms with E-state index in [1.54, 1.807) is 21.8 Å². The highest BCUT2D eigenvalue weighted by Crippen LogP contribution is 2.36. The van der Waals surface area contributed by atoms with Crippen LogP contribution >= 0.6 is 23.6 Å². The van der Waals surface area contributed by atoms with Crippen molar-refractivity contribution >= 4 is 33.6 Å². The highest BCUT2D eigenvalue weighted by molar-refractivity contribution is 7.91. The summed E-state index contributed by atoms with van der Waals surface area (Å²) in [6, 6.07) is 20.9. The zero-order valence-electron chi connectivity index (χ0n) is 19.9. The Morgan fingerprint density at radius 1 is 1.00 bits per heavy atom. The lowest BCUT2D eigenvalue weighted by Gasteiger charge is -2.30. The summed E-state index contributed by atoms with van der Waals surface area (Å²) in [5, 5.41) is 6.69. The van der Waals surface area contributed by atoms with Gasteiger partial charge in [-0.15, -0.1) is 16.4 Å². The number of sulfonamides is 1. The van der Waals surface area contributed by atoms with Crippen molar-refractivity contribution in [3.8, 4) is 17.2 Å². The van der Waals surface area contributed by atoms with Crippen LogP contribution in [-0.2, 0) is 16.7 Å². The lowest BCUT2D eigenvalue weighted by atomic mass is 10.2. The molecule has 0 aliphatic carbocycles. The van der Waals surface area contributed by atoms with E-state index in [-0.39, 0.29) is 0 Å². The number of ether oxygens (including phenoxy) is 2. The van der Waals surface area contributed by atoms with E-state index < -0.39 is 16.1 Å². The van der Waals surface area contributed by atoms with Crippen molar-refractivity contribution in [2.75, 3.05) is 32.8 Å². The second kappa shape index (κ2) is 10.0. The maximum atomic E-state index is 12.9. The smallest absolute Gasteiger partial charge is 0.252 e. The number of rotatable bonds is 6. The average molecular weight is 557 g/mol. The summed E-state index contributed by atoms with van der Waals surface area (Å²) >= 11 is 7.15. The third-order valence-electron chi connectivity index (χ3n) is 6.57. The molecule has 0 bridgehead atoms. The van der Waals surface area contributed by atoms with Crippen LogP contribution in [0.25, 0.3) is 5.69 Å². The number of benzene rings is 2.